The van der Waals surface area contributed by atoms with Crippen LogP contribution in [0.15, 0.2) is 6.20 Å². The SMILES string of the molecule is CC(C)(C)NCCn1cc(C2CC2)nc1C1CCNCC1. The lowest BCUT2D eigenvalue weighted by Crippen LogP contribution is -2.38. The number of nitrogens with zero attached hydrogens (tertiary/aromatic N) is 2. The van der Waals surface area contributed by atoms with Crippen LogP contribution in [0.2, 0.25) is 0 Å². The molecule has 3 rings (SSSR count). The topological polar surface area (TPSA) is 41.9 Å². The fourth-order valence-electron chi connectivity index (χ4n) is 3.16. The maximum absolute atomic E-state index is 5.02. The first-order chi connectivity index (χ1) is 10.0. The number of nitrogens with one attached hydrogen (secondary N) is 2. The molecule has 2 aliphatic rings. The number of aromatic nitrogens is 2. The zero-order chi connectivity index (χ0) is 14.9. The molecule has 0 radical (unpaired) electrons. The predicted octanol–water partition coefficient (Wildman–Crippen LogP) is 2.62. The Labute approximate surface area is 128 Å². The lowest BCUT2D eigenvalue weighted by Gasteiger charge is -2.24. The summed E-state index contributed by atoms with van der Waals surface area (Å²) in [4.78, 5) is 5.02. The Morgan fingerprint density at radius 2 is 1.90 bits per heavy atom. The third kappa shape index (κ3) is 4.07. The first-order valence-electron chi connectivity index (χ1n) is 8.55. The first-order valence-corrected chi connectivity index (χ1v) is 8.55. The van der Waals surface area contributed by atoms with Crippen molar-refractivity contribution in [1.82, 2.24) is 20.2 Å². The minimum atomic E-state index is 0.189. The maximum Gasteiger partial charge on any atom is 0.112 e. The van der Waals surface area contributed by atoms with Crippen molar-refractivity contribution in [2.45, 2.75) is 70.4 Å². The molecule has 1 saturated heterocycles. The molecule has 118 valence electrons. The van der Waals surface area contributed by atoms with Gasteiger partial charge in [-0.2, -0.15) is 0 Å². The maximum atomic E-state index is 5.02. The lowest BCUT2D eigenvalue weighted by atomic mass is 9.97. The molecular weight excluding hydrogens is 260 g/mol. The van der Waals surface area contributed by atoms with Gasteiger partial charge in [0.1, 0.15) is 5.82 Å². The molecule has 2 fully saturated rings. The summed E-state index contributed by atoms with van der Waals surface area (Å²) in [6.45, 7) is 11.0. The average molecular weight is 290 g/mol. The van der Waals surface area contributed by atoms with Crippen LogP contribution < -0.4 is 10.6 Å². The minimum Gasteiger partial charge on any atom is -0.333 e. The number of rotatable bonds is 5. The van der Waals surface area contributed by atoms with Gasteiger partial charge in [0.15, 0.2) is 0 Å². The highest BCUT2D eigenvalue weighted by molar-refractivity contribution is 5.17. The van der Waals surface area contributed by atoms with E-state index in [1.165, 1.54) is 37.2 Å². The van der Waals surface area contributed by atoms with Gasteiger partial charge in [-0.1, -0.05) is 0 Å². The van der Waals surface area contributed by atoms with Gasteiger partial charge < -0.3 is 15.2 Å². The van der Waals surface area contributed by atoms with Crippen LogP contribution in [-0.2, 0) is 6.54 Å². The van der Waals surface area contributed by atoms with Crippen LogP contribution in [0.25, 0.3) is 0 Å². The zero-order valence-electron chi connectivity index (χ0n) is 13.8. The highest BCUT2D eigenvalue weighted by Crippen LogP contribution is 2.40. The molecule has 1 saturated carbocycles. The summed E-state index contributed by atoms with van der Waals surface area (Å²) >= 11 is 0. The second kappa shape index (κ2) is 6.09. The molecule has 0 unspecified atom stereocenters. The Kier molecular flexibility index (Phi) is 4.36. The summed E-state index contributed by atoms with van der Waals surface area (Å²) in [5.74, 6) is 2.74. The van der Waals surface area contributed by atoms with E-state index in [4.69, 9.17) is 4.98 Å². The first kappa shape index (κ1) is 15.0. The molecule has 1 aromatic heterocycles. The van der Waals surface area contributed by atoms with E-state index in [2.05, 4.69) is 42.2 Å². The highest BCUT2D eigenvalue weighted by atomic mass is 15.1. The summed E-state index contributed by atoms with van der Waals surface area (Å²) in [6, 6.07) is 0. The molecule has 4 nitrogen and oxygen atoms in total. The molecule has 0 bridgehead atoms. The van der Waals surface area contributed by atoms with Crippen molar-refractivity contribution in [2.75, 3.05) is 19.6 Å². The van der Waals surface area contributed by atoms with Gasteiger partial charge in [-0.05, 0) is 59.5 Å². The fourth-order valence-corrected chi connectivity index (χ4v) is 3.16. The molecule has 4 heteroatoms. The Bertz CT molecular complexity index is 462. The minimum absolute atomic E-state index is 0.189. The summed E-state index contributed by atoms with van der Waals surface area (Å²) in [7, 11) is 0. The molecule has 1 aliphatic heterocycles. The van der Waals surface area contributed by atoms with Gasteiger partial charge in [0.05, 0.1) is 5.69 Å². The molecule has 0 amide bonds. The van der Waals surface area contributed by atoms with Crippen LogP contribution in [0.1, 0.15) is 69.8 Å². The Morgan fingerprint density at radius 1 is 1.19 bits per heavy atom. The van der Waals surface area contributed by atoms with Crippen LogP contribution in [0.5, 0.6) is 0 Å². The lowest BCUT2D eigenvalue weighted by molar-refractivity contribution is 0.396. The Hall–Kier alpha value is -0.870. The summed E-state index contributed by atoms with van der Waals surface area (Å²) in [5, 5.41) is 7.05. The normalized spacial score (nSPS) is 20.9. The van der Waals surface area contributed by atoms with E-state index in [-0.39, 0.29) is 5.54 Å². The van der Waals surface area contributed by atoms with E-state index in [1.807, 2.05) is 0 Å². The van der Waals surface area contributed by atoms with Crippen LogP contribution in [-0.4, -0.2) is 34.7 Å². The average Bonchev–Trinajstić information content (AvgIpc) is 3.20. The van der Waals surface area contributed by atoms with Crippen molar-refractivity contribution < 1.29 is 0 Å². The Balaban J connectivity index is 1.70. The van der Waals surface area contributed by atoms with E-state index in [1.54, 1.807) is 0 Å². The predicted molar refractivity (Wildman–Crippen MR) is 86.8 cm³/mol. The Morgan fingerprint density at radius 3 is 2.52 bits per heavy atom. The third-order valence-electron chi connectivity index (χ3n) is 4.53. The van der Waals surface area contributed by atoms with Gasteiger partial charge in [-0.3, -0.25) is 0 Å². The molecule has 0 atom stereocenters. The molecule has 0 aromatic carbocycles. The van der Waals surface area contributed by atoms with E-state index in [9.17, 15) is 0 Å². The number of hydrogen-bond acceptors (Lipinski definition) is 3. The van der Waals surface area contributed by atoms with Gasteiger partial charge in [0, 0.05) is 36.7 Å². The van der Waals surface area contributed by atoms with Crippen molar-refractivity contribution in [1.29, 1.82) is 0 Å². The zero-order valence-corrected chi connectivity index (χ0v) is 13.8. The molecule has 21 heavy (non-hydrogen) atoms. The highest BCUT2D eigenvalue weighted by Gasteiger charge is 2.29. The number of hydrogen-bond donors (Lipinski definition) is 2. The number of imidazole rings is 1. The van der Waals surface area contributed by atoms with Gasteiger partial charge in [0.2, 0.25) is 0 Å². The van der Waals surface area contributed by atoms with Crippen LogP contribution in [0.3, 0.4) is 0 Å². The van der Waals surface area contributed by atoms with Gasteiger partial charge >= 0.3 is 0 Å². The quantitative estimate of drug-likeness (QED) is 0.876. The molecule has 2 heterocycles. The van der Waals surface area contributed by atoms with Crippen molar-refractivity contribution in [3.05, 3.63) is 17.7 Å². The van der Waals surface area contributed by atoms with Crippen molar-refractivity contribution in [3.8, 4) is 0 Å². The molecule has 1 aliphatic carbocycles. The molecule has 0 spiro atoms. The standard InChI is InChI=1S/C17H30N4/c1-17(2,3)19-10-11-21-12-15(13-4-5-13)20-16(21)14-6-8-18-9-7-14/h12-14,18-19H,4-11H2,1-3H3. The summed E-state index contributed by atoms with van der Waals surface area (Å²) in [5.41, 5.74) is 1.54. The van der Waals surface area contributed by atoms with Gasteiger partial charge in [-0.15, -0.1) is 0 Å². The second-order valence-electron chi connectivity index (χ2n) is 7.69. The van der Waals surface area contributed by atoms with Crippen LogP contribution in [0.4, 0.5) is 0 Å². The monoisotopic (exact) mass is 290 g/mol. The summed E-state index contributed by atoms with van der Waals surface area (Å²) < 4.78 is 2.43. The van der Waals surface area contributed by atoms with E-state index in [0.717, 1.165) is 32.1 Å². The van der Waals surface area contributed by atoms with E-state index >= 15 is 0 Å². The number of piperidine rings is 1. The van der Waals surface area contributed by atoms with Crippen LogP contribution >= 0.6 is 0 Å². The van der Waals surface area contributed by atoms with Crippen LogP contribution in [0, 0.1) is 0 Å². The molecular formula is C17H30N4. The van der Waals surface area contributed by atoms with Crippen molar-refractivity contribution in [3.63, 3.8) is 0 Å². The van der Waals surface area contributed by atoms with Gasteiger partial charge in [-0.25, -0.2) is 4.98 Å². The second-order valence-corrected chi connectivity index (χ2v) is 7.69. The van der Waals surface area contributed by atoms with E-state index in [0.29, 0.717) is 5.92 Å². The molecule has 2 N–H and O–H groups in total. The summed E-state index contributed by atoms with van der Waals surface area (Å²) in [6.07, 6.45) is 7.47. The fraction of sp³-hybridized carbons (Fsp3) is 0.824. The van der Waals surface area contributed by atoms with E-state index < -0.39 is 0 Å². The van der Waals surface area contributed by atoms with Crippen molar-refractivity contribution >= 4 is 0 Å². The molecule has 1 aromatic rings. The third-order valence-corrected chi connectivity index (χ3v) is 4.53. The smallest absolute Gasteiger partial charge is 0.112 e. The largest absolute Gasteiger partial charge is 0.333 e. The van der Waals surface area contributed by atoms with Gasteiger partial charge in [0.25, 0.3) is 0 Å². The van der Waals surface area contributed by atoms with Crippen molar-refractivity contribution in [2.24, 2.45) is 0 Å².